The first-order valence-corrected chi connectivity index (χ1v) is 6.85. The van der Waals surface area contributed by atoms with E-state index in [2.05, 4.69) is 5.32 Å². The van der Waals surface area contributed by atoms with Crippen LogP contribution in [0, 0.1) is 5.82 Å². The lowest BCUT2D eigenvalue weighted by molar-refractivity contribution is -0.137. The second-order valence-electron chi connectivity index (χ2n) is 4.94. The monoisotopic (exact) mass is 301 g/mol. The number of hydrogen-bond acceptors (Lipinski definition) is 2. The first-order valence-electron chi connectivity index (χ1n) is 6.85. The van der Waals surface area contributed by atoms with Gasteiger partial charge in [-0.15, -0.1) is 0 Å². The van der Waals surface area contributed by atoms with Gasteiger partial charge in [0, 0.05) is 0 Å². The summed E-state index contributed by atoms with van der Waals surface area (Å²) in [6.45, 7) is 0. The number of amides is 1. The zero-order valence-corrected chi connectivity index (χ0v) is 11.8. The molecule has 0 saturated carbocycles. The van der Waals surface area contributed by atoms with Crippen LogP contribution in [-0.2, 0) is 16.0 Å². The highest BCUT2D eigenvalue weighted by Gasteiger charge is 2.18. The van der Waals surface area contributed by atoms with Crippen LogP contribution in [0.1, 0.15) is 23.6 Å². The molecule has 0 bridgehead atoms. The zero-order chi connectivity index (χ0) is 15.9. The van der Waals surface area contributed by atoms with Crippen LogP contribution in [0.25, 0.3) is 0 Å². The molecule has 0 aliphatic carbocycles. The lowest BCUT2D eigenvalue weighted by Gasteiger charge is -2.17. The summed E-state index contributed by atoms with van der Waals surface area (Å²) >= 11 is 0. The Bertz CT molecular complexity index is 658. The predicted octanol–water partition coefficient (Wildman–Crippen LogP) is 2.70. The van der Waals surface area contributed by atoms with Crippen molar-refractivity contribution in [1.29, 1.82) is 0 Å². The summed E-state index contributed by atoms with van der Waals surface area (Å²) in [7, 11) is 0. The highest BCUT2D eigenvalue weighted by Crippen LogP contribution is 2.17. The van der Waals surface area contributed by atoms with E-state index in [9.17, 15) is 14.0 Å². The molecule has 0 aliphatic rings. The molecule has 114 valence electrons. The molecule has 0 aliphatic heterocycles. The lowest BCUT2D eigenvalue weighted by Crippen LogP contribution is -2.31. The molecule has 22 heavy (non-hydrogen) atoms. The van der Waals surface area contributed by atoms with Crippen molar-refractivity contribution in [3.8, 4) is 0 Å². The Balaban J connectivity index is 2.06. The maximum absolute atomic E-state index is 13.1. The van der Waals surface area contributed by atoms with Gasteiger partial charge in [-0.1, -0.05) is 42.5 Å². The van der Waals surface area contributed by atoms with E-state index in [4.69, 9.17) is 5.11 Å². The average molecular weight is 301 g/mol. The molecule has 2 aromatic rings. The quantitative estimate of drug-likeness (QED) is 0.862. The predicted molar refractivity (Wildman–Crippen MR) is 79.7 cm³/mol. The molecule has 2 N–H and O–H groups in total. The van der Waals surface area contributed by atoms with Crippen molar-refractivity contribution in [2.24, 2.45) is 0 Å². The van der Waals surface area contributed by atoms with Crippen molar-refractivity contribution >= 4 is 11.9 Å². The van der Waals surface area contributed by atoms with Crippen LogP contribution in [0.3, 0.4) is 0 Å². The molecule has 0 spiro atoms. The minimum Gasteiger partial charge on any atom is -0.481 e. The zero-order valence-electron chi connectivity index (χ0n) is 11.8. The third-order valence-electron chi connectivity index (χ3n) is 3.17. The van der Waals surface area contributed by atoms with E-state index in [1.54, 1.807) is 30.3 Å². The topological polar surface area (TPSA) is 66.4 Å². The number of halogens is 1. The number of benzene rings is 2. The Morgan fingerprint density at radius 3 is 2.45 bits per heavy atom. The number of carbonyl (C=O) groups excluding carboxylic acids is 1. The number of carbonyl (C=O) groups is 2. The van der Waals surface area contributed by atoms with Gasteiger partial charge in [-0.05, 0) is 23.3 Å². The molecule has 0 radical (unpaired) electrons. The van der Waals surface area contributed by atoms with E-state index < -0.39 is 17.8 Å². The van der Waals surface area contributed by atoms with E-state index in [0.717, 1.165) is 5.56 Å². The standard InChI is InChI=1S/C17H16FNO3/c18-14-8-4-5-12(9-14)10-16(20)19-15(11-17(21)22)13-6-2-1-3-7-13/h1-9,15H,10-11H2,(H,19,20)(H,21,22)/t15-/m1/s1. The van der Waals surface area contributed by atoms with Gasteiger partial charge in [-0.25, -0.2) is 4.39 Å². The first-order chi connectivity index (χ1) is 10.5. The van der Waals surface area contributed by atoms with E-state index in [1.807, 2.05) is 6.07 Å². The summed E-state index contributed by atoms with van der Waals surface area (Å²) in [5.74, 6) is -1.75. The molecular formula is C17H16FNO3. The van der Waals surface area contributed by atoms with E-state index in [1.165, 1.54) is 18.2 Å². The highest BCUT2D eigenvalue weighted by molar-refractivity contribution is 5.80. The second kappa shape index (κ2) is 7.36. The second-order valence-corrected chi connectivity index (χ2v) is 4.94. The summed E-state index contributed by atoms with van der Waals surface area (Å²) < 4.78 is 13.1. The van der Waals surface area contributed by atoms with E-state index in [-0.39, 0.29) is 18.7 Å². The van der Waals surface area contributed by atoms with Crippen molar-refractivity contribution in [1.82, 2.24) is 5.32 Å². The Kier molecular flexibility index (Phi) is 5.25. The van der Waals surface area contributed by atoms with Gasteiger partial charge < -0.3 is 10.4 Å². The summed E-state index contributed by atoms with van der Waals surface area (Å²) in [6.07, 6.45) is -0.209. The lowest BCUT2D eigenvalue weighted by atomic mass is 10.0. The molecule has 2 aromatic carbocycles. The number of carboxylic acids is 1. The Labute approximate surface area is 127 Å². The van der Waals surface area contributed by atoms with Gasteiger partial charge >= 0.3 is 5.97 Å². The number of aliphatic carboxylic acids is 1. The van der Waals surface area contributed by atoms with Gasteiger partial charge in [0.25, 0.3) is 0 Å². The van der Waals surface area contributed by atoms with Gasteiger partial charge in [0.2, 0.25) is 5.91 Å². The number of rotatable bonds is 6. The number of hydrogen-bond donors (Lipinski definition) is 2. The van der Waals surface area contributed by atoms with Gasteiger partial charge in [0.05, 0.1) is 18.9 Å². The summed E-state index contributed by atoms with van der Waals surface area (Å²) in [6, 6.07) is 14.1. The van der Waals surface area contributed by atoms with Gasteiger partial charge in [-0.3, -0.25) is 9.59 Å². The van der Waals surface area contributed by atoms with Crippen molar-refractivity contribution in [2.75, 3.05) is 0 Å². The molecule has 1 atom stereocenters. The molecule has 2 rings (SSSR count). The molecule has 5 heteroatoms. The van der Waals surface area contributed by atoms with Crippen LogP contribution >= 0.6 is 0 Å². The van der Waals surface area contributed by atoms with E-state index >= 15 is 0 Å². The molecule has 0 saturated heterocycles. The molecule has 0 unspecified atom stereocenters. The van der Waals surface area contributed by atoms with Crippen LogP contribution in [0.2, 0.25) is 0 Å². The Morgan fingerprint density at radius 1 is 1.09 bits per heavy atom. The van der Waals surface area contributed by atoms with Crippen LogP contribution in [-0.4, -0.2) is 17.0 Å². The van der Waals surface area contributed by atoms with Crippen LogP contribution in [0.15, 0.2) is 54.6 Å². The van der Waals surface area contributed by atoms with Crippen molar-refractivity contribution < 1.29 is 19.1 Å². The maximum atomic E-state index is 13.1. The number of nitrogens with one attached hydrogen (secondary N) is 1. The SMILES string of the molecule is O=C(O)C[C@@H](NC(=O)Cc1cccc(F)c1)c1ccccc1. The molecule has 0 fully saturated rings. The van der Waals surface area contributed by atoms with Crippen molar-refractivity contribution in [3.63, 3.8) is 0 Å². The normalized spacial score (nSPS) is 11.7. The van der Waals surface area contributed by atoms with Gasteiger partial charge in [0.15, 0.2) is 0 Å². The van der Waals surface area contributed by atoms with Crippen molar-refractivity contribution in [2.45, 2.75) is 18.9 Å². The van der Waals surface area contributed by atoms with Crippen LogP contribution in [0.5, 0.6) is 0 Å². The first kappa shape index (κ1) is 15.7. The minimum absolute atomic E-state index is 0.000707. The molecule has 4 nitrogen and oxygen atoms in total. The molecular weight excluding hydrogens is 285 g/mol. The largest absolute Gasteiger partial charge is 0.481 e. The average Bonchev–Trinajstić information content (AvgIpc) is 2.47. The third-order valence-corrected chi connectivity index (χ3v) is 3.17. The minimum atomic E-state index is -1.00. The van der Waals surface area contributed by atoms with Gasteiger partial charge in [-0.2, -0.15) is 0 Å². The van der Waals surface area contributed by atoms with E-state index in [0.29, 0.717) is 5.56 Å². The Morgan fingerprint density at radius 2 is 1.82 bits per heavy atom. The maximum Gasteiger partial charge on any atom is 0.305 e. The Hall–Kier alpha value is -2.69. The molecule has 0 aromatic heterocycles. The van der Waals surface area contributed by atoms with Crippen molar-refractivity contribution in [3.05, 3.63) is 71.5 Å². The summed E-state index contributed by atoms with van der Waals surface area (Å²) in [5, 5.41) is 11.7. The summed E-state index contributed by atoms with van der Waals surface area (Å²) in [4.78, 5) is 23.0. The van der Waals surface area contributed by atoms with Gasteiger partial charge in [0.1, 0.15) is 5.82 Å². The fraction of sp³-hybridized carbons (Fsp3) is 0.176. The third kappa shape index (κ3) is 4.70. The number of carboxylic acid groups (broad SMARTS) is 1. The fourth-order valence-corrected chi connectivity index (χ4v) is 2.19. The molecule has 1 amide bonds. The fourth-order valence-electron chi connectivity index (χ4n) is 2.19. The highest BCUT2D eigenvalue weighted by atomic mass is 19.1. The van der Waals surface area contributed by atoms with Crippen LogP contribution in [0.4, 0.5) is 4.39 Å². The molecule has 0 heterocycles. The smallest absolute Gasteiger partial charge is 0.305 e. The summed E-state index contributed by atoms with van der Waals surface area (Å²) in [5.41, 5.74) is 1.26. The van der Waals surface area contributed by atoms with Crippen LogP contribution < -0.4 is 5.32 Å².